The highest BCUT2D eigenvalue weighted by Gasteiger charge is 2.19. The molecule has 0 spiro atoms. The van der Waals surface area contributed by atoms with Crippen molar-refractivity contribution in [1.82, 2.24) is 0 Å². The average molecular weight is 853 g/mol. The predicted octanol–water partition coefficient (Wildman–Crippen LogP) is 18.4. The Morgan fingerprint density at radius 1 is 0.250 bits per heavy atom. The number of nitrogens with zero attached hydrogens (tertiary/aromatic N) is 2. The maximum Gasteiger partial charge on any atom is 0.0540 e. The Bertz CT molecular complexity index is 3280. The highest BCUT2D eigenvalue weighted by molar-refractivity contribution is 7.22. The van der Waals surface area contributed by atoms with Gasteiger partial charge in [0.15, 0.2) is 0 Å². The third-order valence-electron chi connectivity index (χ3n) is 12.3. The van der Waals surface area contributed by atoms with Crippen molar-refractivity contribution in [2.75, 3.05) is 9.80 Å². The summed E-state index contributed by atoms with van der Waals surface area (Å²) in [6.07, 6.45) is 0. The average Bonchev–Trinajstić information content (AvgIpc) is 4.01. The van der Waals surface area contributed by atoms with Crippen molar-refractivity contribution in [1.29, 1.82) is 0 Å². The van der Waals surface area contributed by atoms with Crippen LogP contribution in [0, 0.1) is 0 Å². The molecule has 0 bridgehead atoms. The summed E-state index contributed by atoms with van der Waals surface area (Å²) in [5.74, 6) is 0. The van der Waals surface area contributed by atoms with Gasteiger partial charge in [-0.2, -0.15) is 0 Å². The third kappa shape index (κ3) is 7.00. The van der Waals surface area contributed by atoms with Gasteiger partial charge in [-0.3, -0.25) is 0 Å². The van der Waals surface area contributed by atoms with Crippen LogP contribution in [0.1, 0.15) is 0 Å². The minimum Gasteiger partial charge on any atom is -0.310 e. The zero-order chi connectivity index (χ0) is 42.4. The van der Waals surface area contributed by atoms with Crippen LogP contribution in [-0.2, 0) is 0 Å². The number of thiophene rings is 2. The van der Waals surface area contributed by atoms with Crippen molar-refractivity contribution < 1.29 is 0 Å². The van der Waals surface area contributed by atoms with E-state index in [1.54, 1.807) is 0 Å². The summed E-state index contributed by atoms with van der Waals surface area (Å²) in [7, 11) is 0. The van der Waals surface area contributed by atoms with Gasteiger partial charge in [-0.1, -0.05) is 158 Å². The first-order valence-corrected chi connectivity index (χ1v) is 23.3. The summed E-state index contributed by atoms with van der Waals surface area (Å²) in [4.78, 5) is 7.33. The number of rotatable bonds is 9. The fraction of sp³-hybridized carbons (Fsp3) is 0. The van der Waals surface area contributed by atoms with E-state index in [-0.39, 0.29) is 0 Å². The smallest absolute Gasteiger partial charge is 0.0540 e. The second kappa shape index (κ2) is 16.2. The van der Waals surface area contributed by atoms with Gasteiger partial charge >= 0.3 is 0 Å². The maximum absolute atomic E-state index is 2.39. The molecule has 2 heterocycles. The van der Waals surface area contributed by atoms with Crippen LogP contribution in [0.2, 0.25) is 0 Å². The molecule has 0 aliphatic carbocycles. The Morgan fingerprint density at radius 2 is 0.562 bits per heavy atom. The Hall–Kier alpha value is -7.76. The minimum absolute atomic E-state index is 1.10. The van der Waals surface area contributed by atoms with E-state index in [0.717, 1.165) is 45.3 Å². The molecule has 0 amide bonds. The molecular formula is C60H40N2S2. The van der Waals surface area contributed by atoms with E-state index in [2.05, 4.69) is 252 Å². The van der Waals surface area contributed by atoms with Crippen LogP contribution in [-0.4, -0.2) is 0 Å². The largest absolute Gasteiger partial charge is 0.310 e. The Kier molecular flexibility index (Phi) is 9.59. The second-order valence-corrected chi connectivity index (χ2v) is 18.3. The molecule has 2 nitrogen and oxygen atoms in total. The summed E-state index contributed by atoms with van der Waals surface area (Å²) in [6.45, 7) is 0. The highest BCUT2D eigenvalue weighted by Crippen LogP contribution is 2.44. The maximum atomic E-state index is 2.39. The van der Waals surface area contributed by atoms with E-state index in [1.165, 1.54) is 62.6 Å². The zero-order valence-electron chi connectivity index (χ0n) is 34.8. The minimum atomic E-state index is 1.10. The molecule has 4 heteroatoms. The molecule has 64 heavy (non-hydrogen) atoms. The van der Waals surface area contributed by atoms with Gasteiger partial charge in [0.05, 0.1) is 11.4 Å². The second-order valence-electron chi connectivity index (χ2n) is 16.2. The molecule has 0 aliphatic rings. The topological polar surface area (TPSA) is 6.48 Å². The molecule has 302 valence electrons. The van der Waals surface area contributed by atoms with E-state index in [4.69, 9.17) is 0 Å². The van der Waals surface area contributed by atoms with Crippen molar-refractivity contribution in [3.05, 3.63) is 243 Å². The van der Waals surface area contributed by atoms with E-state index >= 15 is 0 Å². The predicted molar refractivity (Wildman–Crippen MR) is 278 cm³/mol. The first-order chi connectivity index (χ1) is 31.7. The van der Waals surface area contributed by atoms with Gasteiger partial charge in [-0.25, -0.2) is 0 Å². The molecule has 0 N–H and O–H groups in total. The Morgan fingerprint density at radius 3 is 0.938 bits per heavy atom. The fourth-order valence-corrected chi connectivity index (χ4v) is 11.2. The summed E-state index contributed by atoms with van der Waals surface area (Å²) in [5, 5.41) is 7.43. The van der Waals surface area contributed by atoms with Crippen molar-refractivity contribution in [2.24, 2.45) is 0 Å². The lowest BCUT2D eigenvalue weighted by Crippen LogP contribution is -2.10. The van der Waals surface area contributed by atoms with Crippen LogP contribution >= 0.6 is 22.7 Å². The normalized spacial score (nSPS) is 11.4. The number of fused-ring (bicyclic) bond motifs is 4. The number of benzene rings is 10. The van der Waals surface area contributed by atoms with E-state index in [1.807, 2.05) is 22.7 Å². The fourth-order valence-electron chi connectivity index (χ4n) is 9.06. The number of hydrogen-bond donors (Lipinski definition) is 0. The third-order valence-corrected chi connectivity index (χ3v) is 14.6. The van der Waals surface area contributed by atoms with Gasteiger partial charge in [0.2, 0.25) is 0 Å². The van der Waals surface area contributed by atoms with E-state index in [0.29, 0.717) is 0 Å². The summed E-state index contributed by atoms with van der Waals surface area (Å²) >= 11 is 3.69. The van der Waals surface area contributed by atoms with Crippen LogP contribution in [0.5, 0.6) is 0 Å². The molecule has 10 aromatic carbocycles. The molecular weight excluding hydrogens is 813 g/mol. The van der Waals surface area contributed by atoms with Gasteiger partial charge in [-0.15, -0.1) is 22.7 Å². The zero-order valence-corrected chi connectivity index (χ0v) is 36.4. The van der Waals surface area contributed by atoms with Gasteiger partial charge in [0.1, 0.15) is 0 Å². The van der Waals surface area contributed by atoms with E-state index in [9.17, 15) is 0 Å². The van der Waals surface area contributed by atoms with Gasteiger partial charge in [0.25, 0.3) is 0 Å². The molecule has 0 saturated heterocycles. The lowest BCUT2D eigenvalue weighted by atomic mass is 10.0. The quantitative estimate of drug-likeness (QED) is 0.143. The Labute approximate surface area is 380 Å². The molecule has 2 aromatic heterocycles. The number of anilines is 6. The first kappa shape index (κ1) is 38.0. The number of hydrogen-bond acceptors (Lipinski definition) is 4. The van der Waals surface area contributed by atoms with Crippen molar-refractivity contribution >= 4 is 98.5 Å². The Balaban J connectivity index is 0.887. The summed E-state index contributed by atoms with van der Waals surface area (Å²) in [5.41, 5.74) is 11.5. The standard InChI is InChI=1S/C60H40N2S2/c1-5-17-53-43(11-1)15-9-19-55(53)61(51-35-27-45(28-36-51)59-39-47-13-3-7-21-57(47)63-59)49-31-23-41(24-32-49)42-25-33-50(34-26-42)62(56-20-10-16-44-12-2-6-18-54(44)56)52-37-29-46(30-38-52)60-40-48-14-4-8-22-58(48)64-60/h1-40H. The van der Waals surface area contributed by atoms with Crippen LogP contribution in [0.25, 0.3) is 73.7 Å². The molecule has 12 aromatic rings. The molecule has 0 fully saturated rings. The van der Waals surface area contributed by atoms with E-state index < -0.39 is 0 Å². The van der Waals surface area contributed by atoms with Gasteiger partial charge in [0, 0.05) is 52.7 Å². The first-order valence-electron chi connectivity index (χ1n) is 21.6. The molecule has 0 unspecified atom stereocenters. The van der Waals surface area contributed by atoms with Gasteiger partial charge < -0.3 is 9.80 Å². The van der Waals surface area contributed by atoms with Crippen molar-refractivity contribution in [3.63, 3.8) is 0 Å². The van der Waals surface area contributed by atoms with Crippen molar-refractivity contribution in [3.8, 4) is 32.0 Å². The van der Waals surface area contributed by atoms with Crippen molar-refractivity contribution in [2.45, 2.75) is 0 Å². The van der Waals surface area contributed by atoms with Crippen LogP contribution in [0.4, 0.5) is 34.1 Å². The van der Waals surface area contributed by atoms with Gasteiger partial charge in [-0.05, 0) is 129 Å². The molecule has 0 atom stereocenters. The van der Waals surface area contributed by atoms with Crippen LogP contribution < -0.4 is 9.80 Å². The highest BCUT2D eigenvalue weighted by atomic mass is 32.1. The molecule has 0 radical (unpaired) electrons. The molecule has 0 aliphatic heterocycles. The lowest BCUT2D eigenvalue weighted by molar-refractivity contribution is 1.29. The van der Waals surface area contributed by atoms with Crippen LogP contribution in [0.3, 0.4) is 0 Å². The summed E-state index contributed by atoms with van der Waals surface area (Å²) < 4.78 is 2.62. The molecule has 0 saturated carbocycles. The van der Waals surface area contributed by atoms with Crippen LogP contribution in [0.15, 0.2) is 243 Å². The molecule has 12 rings (SSSR count). The SMILES string of the molecule is c1ccc2sc(-c3ccc(N(c4ccc(-c5ccc(N(c6ccc(-c7cc8ccccc8s7)cc6)c6cccc7ccccc67)cc5)cc4)c4cccc5ccccc45)cc3)cc2c1. The summed E-state index contributed by atoms with van der Waals surface area (Å²) in [6, 6.07) is 88.4. The monoisotopic (exact) mass is 852 g/mol. The lowest BCUT2D eigenvalue weighted by Gasteiger charge is -2.27.